The Hall–Kier alpha value is -1.60. The molecule has 1 amide bonds. The van der Waals surface area contributed by atoms with E-state index in [0.717, 1.165) is 12.1 Å². The lowest BCUT2D eigenvalue weighted by Crippen LogP contribution is -2.54. The predicted molar refractivity (Wildman–Crippen MR) is 71.8 cm³/mol. The molecule has 0 aromatic heterocycles. The Bertz CT molecular complexity index is 533. The van der Waals surface area contributed by atoms with E-state index in [4.69, 9.17) is 10.5 Å². The molecule has 1 aromatic rings. The summed E-state index contributed by atoms with van der Waals surface area (Å²) in [5, 5.41) is 0. The minimum atomic E-state index is -4.44. The van der Waals surface area contributed by atoms with Gasteiger partial charge in [-0.2, -0.15) is 13.2 Å². The van der Waals surface area contributed by atoms with E-state index in [1.807, 2.05) is 0 Å². The van der Waals surface area contributed by atoms with Crippen LogP contribution in [0.2, 0.25) is 0 Å². The highest BCUT2D eigenvalue weighted by molar-refractivity contribution is 5.95. The van der Waals surface area contributed by atoms with Gasteiger partial charge in [-0.1, -0.05) is 6.07 Å². The summed E-state index contributed by atoms with van der Waals surface area (Å²) in [4.78, 5) is 13.3. The molecular weight excluding hydrogens is 285 g/mol. The zero-order valence-corrected chi connectivity index (χ0v) is 11.6. The van der Waals surface area contributed by atoms with Gasteiger partial charge in [-0.05, 0) is 38.1 Å². The molecule has 0 spiro atoms. The summed E-state index contributed by atoms with van der Waals surface area (Å²) in [5.74, 6) is -0.358. The molecule has 4 nitrogen and oxygen atoms in total. The highest BCUT2D eigenvalue weighted by Crippen LogP contribution is 2.33. The molecule has 21 heavy (non-hydrogen) atoms. The van der Waals surface area contributed by atoms with Gasteiger partial charge in [-0.15, -0.1) is 0 Å². The third kappa shape index (κ3) is 3.54. The molecule has 1 heterocycles. The van der Waals surface area contributed by atoms with Gasteiger partial charge < -0.3 is 15.4 Å². The van der Waals surface area contributed by atoms with Crippen LogP contribution >= 0.6 is 0 Å². The average molecular weight is 302 g/mol. The van der Waals surface area contributed by atoms with E-state index < -0.39 is 17.3 Å². The monoisotopic (exact) mass is 302 g/mol. The van der Waals surface area contributed by atoms with Gasteiger partial charge >= 0.3 is 6.18 Å². The van der Waals surface area contributed by atoms with Crippen LogP contribution in [0.3, 0.4) is 0 Å². The molecule has 1 aliphatic heterocycles. The SMILES string of the molecule is CC1(CCN)CN(c2cccc(C(F)(F)F)c2)C(=O)CO1. The molecule has 1 aliphatic rings. The van der Waals surface area contributed by atoms with Crippen molar-refractivity contribution in [2.24, 2.45) is 5.73 Å². The normalized spacial score (nSPS) is 23.5. The molecular formula is C14H17F3N2O2. The molecule has 2 rings (SSSR count). The summed E-state index contributed by atoms with van der Waals surface area (Å²) in [6.45, 7) is 2.20. The number of carbonyl (C=O) groups is 1. The fraction of sp³-hybridized carbons (Fsp3) is 0.500. The second kappa shape index (κ2) is 5.65. The number of hydrogen-bond donors (Lipinski definition) is 1. The van der Waals surface area contributed by atoms with Gasteiger partial charge in [0.1, 0.15) is 6.61 Å². The highest BCUT2D eigenvalue weighted by Gasteiger charge is 2.37. The van der Waals surface area contributed by atoms with E-state index >= 15 is 0 Å². The molecule has 0 bridgehead atoms. The topological polar surface area (TPSA) is 55.6 Å². The van der Waals surface area contributed by atoms with Crippen molar-refractivity contribution in [2.45, 2.75) is 25.1 Å². The number of anilines is 1. The minimum Gasteiger partial charge on any atom is -0.364 e. The fourth-order valence-corrected chi connectivity index (χ4v) is 2.32. The van der Waals surface area contributed by atoms with Crippen molar-refractivity contribution < 1.29 is 22.7 Å². The molecule has 0 saturated carbocycles. The maximum atomic E-state index is 12.8. The number of hydrogen-bond acceptors (Lipinski definition) is 3. The Kier molecular flexibility index (Phi) is 4.25. The zero-order valence-electron chi connectivity index (χ0n) is 11.6. The van der Waals surface area contributed by atoms with Gasteiger partial charge in [0, 0.05) is 5.69 Å². The largest absolute Gasteiger partial charge is 0.416 e. The number of halogens is 3. The first kappa shape index (κ1) is 15.8. The Morgan fingerprint density at radius 2 is 2.14 bits per heavy atom. The van der Waals surface area contributed by atoms with Gasteiger partial charge in [-0.25, -0.2) is 0 Å². The van der Waals surface area contributed by atoms with Crippen molar-refractivity contribution in [3.8, 4) is 0 Å². The molecule has 1 fully saturated rings. The predicted octanol–water partition coefficient (Wildman–Crippen LogP) is 2.18. The lowest BCUT2D eigenvalue weighted by atomic mass is 9.99. The van der Waals surface area contributed by atoms with Gasteiger partial charge in [0.2, 0.25) is 0 Å². The quantitative estimate of drug-likeness (QED) is 0.931. The Morgan fingerprint density at radius 1 is 1.43 bits per heavy atom. The van der Waals surface area contributed by atoms with E-state index in [1.54, 1.807) is 6.92 Å². The summed E-state index contributed by atoms with van der Waals surface area (Å²) in [5.41, 5.74) is 4.32. The molecule has 0 aliphatic carbocycles. The van der Waals surface area contributed by atoms with E-state index in [9.17, 15) is 18.0 Å². The van der Waals surface area contributed by atoms with Crippen LogP contribution in [0.4, 0.5) is 18.9 Å². The van der Waals surface area contributed by atoms with E-state index in [2.05, 4.69) is 0 Å². The van der Waals surface area contributed by atoms with Gasteiger partial charge in [-0.3, -0.25) is 4.79 Å². The van der Waals surface area contributed by atoms with Crippen LogP contribution in [0.5, 0.6) is 0 Å². The third-order valence-electron chi connectivity index (χ3n) is 3.50. The standard InChI is InChI=1S/C14H17F3N2O2/c1-13(5-6-18)9-19(12(20)8-21-13)11-4-2-3-10(7-11)14(15,16)17/h2-4,7H,5-6,8-9,18H2,1H3. The lowest BCUT2D eigenvalue weighted by Gasteiger charge is -2.40. The number of nitrogens with zero attached hydrogens (tertiary/aromatic N) is 1. The van der Waals surface area contributed by atoms with Crippen molar-refractivity contribution in [1.82, 2.24) is 0 Å². The van der Waals surface area contributed by atoms with Crippen molar-refractivity contribution >= 4 is 11.6 Å². The molecule has 1 saturated heterocycles. The summed E-state index contributed by atoms with van der Waals surface area (Å²) < 4.78 is 43.8. The van der Waals surface area contributed by atoms with Crippen LogP contribution in [0.25, 0.3) is 0 Å². The highest BCUT2D eigenvalue weighted by atomic mass is 19.4. The number of rotatable bonds is 3. The second-order valence-corrected chi connectivity index (χ2v) is 5.31. The van der Waals surface area contributed by atoms with Crippen LogP contribution in [0.1, 0.15) is 18.9 Å². The maximum Gasteiger partial charge on any atom is 0.416 e. The molecule has 2 N–H and O–H groups in total. The maximum absolute atomic E-state index is 12.8. The molecule has 1 atom stereocenters. The fourth-order valence-electron chi connectivity index (χ4n) is 2.32. The van der Waals surface area contributed by atoms with E-state index in [1.165, 1.54) is 17.0 Å². The second-order valence-electron chi connectivity index (χ2n) is 5.31. The van der Waals surface area contributed by atoms with Crippen LogP contribution in [0.15, 0.2) is 24.3 Å². The first-order chi connectivity index (χ1) is 9.75. The summed E-state index contributed by atoms with van der Waals surface area (Å²) >= 11 is 0. The molecule has 1 aromatic carbocycles. The molecule has 7 heteroatoms. The number of morpholine rings is 1. The van der Waals surface area contributed by atoms with Crippen LogP contribution < -0.4 is 10.6 Å². The molecule has 116 valence electrons. The number of amides is 1. The van der Waals surface area contributed by atoms with Gasteiger partial charge in [0.15, 0.2) is 0 Å². The third-order valence-corrected chi connectivity index (χ3v) is 3.50. The van der Waals surface area contributed by atoms with Crippen molar-refractivity contribution in [2.75, 3.05) is 24.6 Å². The number of alkyl halides is 3. The summed E-state index contributed by atoms with van der Waals surface area (Å²) in [7, 11) is 0. The van der Waals surface area contributed by atoms with Crippen LogP contribution in [0, 0.1) is 0 Å². The van der Waals surface area contributed by atoms with E-state index in [-0.39, 0.29) is 24.7 Å². The van der Waals surface area contributed by atoms with Crippen molar-refractivity contribution in [3.05, 3.63) is 29.8 Å². The van der Waals surface area contributed by atoms with Gasteiger partial charge in [0.05, 0.1) is 17.7 Å². The van der Waals surface area contributed by atoms with Crippen LogP contribution in [-0.4, -0.2) is 31.2 Å². The van der Waals surface area contributed by atoms with Crippen molar-refractivity contribution in [1.29, 1.82) is 0 Å². The average Bonchev–Trinajstić information content (AvgIpc) is 2.41. The van der Waals surface area contributed by atoms with E-state index in [0.29, 0.717) is 13.0 Å². The molecule has 1 unspecified atom stereocenters. The smallest absolute Gasteiger partial charge is 0.364 e. The van der Waals surface area contributed by atoms with Crippen LogP contribution in [-0.2, 0) is 15.7 Å². The number of carbonyl (C=O) groups excluding carboxylic acids is 1. The number of nitrogens with two attached hydrogens (primary N) is 1. The lowest BCUT2D eigenvalue weighted by molar-refractivity contribution is -0.139. The first-order valence-corrected chi connectivity index (χ1v) is 6.57. The number of benzene rings is 1. The number of ether oxygens (including phenoxy) is 1. The summed E-state index contributed by atoms with van der Waals surface area (Å²) in [6.07, 6.45) is -3.92. The summed E-state index contributed by atoms with van der Waals surface area (Å²) in [6, 6.07) is 4.74. The Labute approximate surface area is 120 Å². The zero-order chi connectivity index (χ0) is 15.7. The Balaban J connectivity index is 2.29. The van der Waals surface area contributed by atoms with Crippen molar-refractivity contribution in [3.63, 3.8) is 0 Å². The first-order valence-electron chi connectivity index (χ1n) is 6.57. The minimum absolute atomic E-state index is 0.160. The van der Waals surface area contributed by atoms with Gasteiger partial charge in [0.25, 0.3) is 5.91 Å². The Morgan fingerprint density at radius 3 is 2.76 bits per heavy atom. The molecule has 0 radical (unpaired) electrons.